The van der Waals surface area contributed by atoms with Crippen LogP contribution in [0.1, 0.15) is 6.92 Å². The molecule has 114 valence electrons. The Balaban J connectivity index is 2.17. The maximum absolute atomic E-state index is 11.0. The fraction of sp³-hybridized carbons (Fsp3) is 0.385. The van der Waals surface area contributed by atoms with Crippen LogP contribution in [0.4, 0.5) is 11.8 Å². The zero-order chi connectivity index (χ0) is 15.3. The van der Waals surface area contributed by atoms with Gasteiger partial charge in [-0.2, -0.15) is 4.98 Å². The lowest BCUT2D eigenvalue weighted by atomic mass is 10.2. The highest BCUT2D eigenvalue weighted by Crippen LogP contribution is 2.21. The molecule has 0 amide bonds. The molecule has 0 spiro atoms. The quantitative estimate of drug-likeness (QED) is 0.661. The molecule has 0 aliphatic rings. The van der Waals surface area contributed by atoms with Crippen LogP contribution in [0.2, 0.25) is 0 Å². The Kier molecular flexibility index (Phi) is 4.92. The van der Waals surface area contributed by atoms with E-state index in [1.54, 1.807) is 0 Å². The van der Waals surface area contributed by atoms with Gasteiger partial charge in [-0.1, -0.05) is 12.1 Å². The van der Waals surface area contributed by atoms with Gasteiger partial charge in [0, 0.05) is 25.0 Å². The van der Waals surface area contributed by atoms with Crippen molar-refractivity contribution < 1.29 is 8.42 Å². The monoisotopic (exact) mass is 309 g/mol. The van der Waals surface area contributed by atoms with Gasteiger partial charge in [-0.3, -0.25) is 0 Å². The molecule has 0 radical (unpaired) electrons. The summed E-state index contributed by atoms with van der Waals surface area (Å²) in [5.74, 6) is 1.24. The second-order valence-corrected chi connectivity index (χ2v) is 6.37. The molecule has 0 atom stereocenters. The Morgan fingerprint density at radius 1 is 1.10 bits per heavy atom. The second-order valence-electron chi connectivity index (χ2n) is 4.54. The predicted octanol–water partition coefficient (Wildman–Crippen LogP) is 1.02. The lowest BCUT2D eigenvalue weighted by Crippen LogP contribution is -2.27. The average molecular weight is 309 g/mol. The van der Waals surface area contributed by atoms with Crippen LogP contribution in [0.5, 0.6) is 0 Å². The number of nitrogens with one attached hydrogen (secondary N) is 3. The largest absolute Gasteiger partial charge is 0.368 e. The SMILES string of the molecule is CCNc1nc(NCCNS(C)(=O)=O)c2ccccc2n1. The smallest absolute Gasteiger partial charge is 0.225 e. The first-order valence-corrected chi connectivity index (χ1v) is 8.58. The van der Waals surface area contributed by atoms with E-state index in [0.29, 0.717) is 24.9 Å². The molecule has 1 heterocycles. The van der Waals surface area contributed by atoms with Gasteiger partial charge in [0.05, 0.1) is 11.8 Å². The van der Waals surface area contributed by atoms with Gasteiger partial charge in [0.15, 0.2) is 0 Å². The molecule has 0 saturated carbocycles. The minimum Gasteiger partial charge on any atom is -0.368 e. The predicted molar refractivity (Wildman–Crippen MR) is 85.0 cm³/mol. The van der Waals surface area contributed by atoms with Gasteiger partial charge in [0.1, 0.15) is 5.82 Å². The van der Waals surface area contributed by atoms with E-state index < -0.39 is 10.0 Å². The van der Waals surface area contributed by atoms with Gasteiger partial charge in [-0.05, 0) is 19.1 Å². The van der Waals surface area contributed by atoms with Crippen molar-refractivity contribution in [3.05, 3.63) is 24.3 Å². The van der Waals surface area contributed by atoms with Crippen molar-refractivity contribution in [2.75, 3.05) is 36.5 Å². The maximum Gasteiger partial charge on any atom is 0.225 e. The van der Waals surface area contributed by atoms with Gasteiger partial charge in [-0.25, -0.2) is 18.1 Å². The van der Waals surface area contributed by atoms with Crippen LogP contribution in [0.25, 0.3) is 10.9 Å². The number of nitrogens with zero attached hydrogens (tertiary/aromatic N) is 2. The van der Waals surface area contributed by atoms with Gasteiger partial charge in [0.25, 0.3) is 0 Å². The Bertz CT molecular complexity index is 718. The molecule has 0 fully saturated rings. The maximum atomic E-state index is 11.0. The van der Waals surface area contributed by atoms with Crippen LogP contribution in [-0.2, 0) is 10.0 Å². The van der Waals surface area contributed by atoms with E-state index in [-0.39, 0.29) is 0 Å². The van der Waals surface area contributed by atoms with E-state index in [1.807, 2.05) is 31.2 Å². The van der Waals surface area contributed by atoms with Crippen LogP contribution in [0.15, 0.2) is 24.3 Å². The molecule has 0 unspecified atom stereocenters. The summed E-state index contributed by atoms with van der Waals surface area (Å²) in [5.41, 5.74) is 0.835. The Hall–Kier alpha value is -1.93. The number of hydrogen-bond donors (Lipinski definition) is 3. The molecule has 2 aromatic rings. The minimum absolute atomic E-state index is 0.299. The number of sulfonamides is 1. The van der Waals surface area contributed by atoms with Crippen LogP contribution in [-0.4, -0.2) is 44.3 Å². The molecule has 0 aliphatic carbocycles. The first-order valence-electron chi connectivity index (χ1n) is 6.69. The highest BCUT2D eigenvalue weighted by Gasteiger charge is 2.07. The first kappa shape index (κ1) is 15.5. The summed E-state index contributed by atoms with van der Waals surface area (Å²) in [6.07, 6.45) is 1.14. The van der Waals surface area contributed by atoms with E-state index in [4.69, 9.17) is 0 Å². The number of rotatable bonds is 7. The topological polar surface area (TPSA) is 96.0 Å². The average Bonchev–Trinajstić information content (AvgIpc) is 2.43. The molecule has 21 heavy (non-hydrogen) atoms. The number of fused-ring (bicyclic) bond motifs is 1. The number of aromatic nitrogens is 2. The molecule has 2 rings (SSSR count). The summed E-state index contributed by atoms with van der Waals surface area (Å²) >= 11 is 0. The van der Waals surface area contributed by atoms with Crippen molar-refractivity contribution in [3.8, 4) is 0 Å². The number of benzene rings is 1. The Morgan fingerprint density at radius 2 is 1.86 bits per heavy atom. The number of hydrogen-bond acceptors (Lipinski definition) is 6. The summed E-state index contributed by atoms with van der Waals surface area (Å²) < 4.78 is 24.5. The Morgan fingerprint density at radius 3 is 2.57 bits per heavy atom. The highest BCUT2D eigenvalue weighted by atomic mass is 32.2. The normalized spacial score (nSPS) is 11.5. The molecule has 1 aromatic carbocycles. The van der Waals surface area contributed by atoms with Crippen molar-refractivity contribution in [2.24, 2.45) is 0 Å². The van der Waals surface area contributed by atoms with E-state index >= 15 is 0 Å². The molecule has 1 aromatic heterocycles. The molecular formula is C13H19N5O2S. The fourth-order valence-electron chi connectivity index (χ4n) is 1.87. The molecule has 0 saturated heterocycles. The zero-order valence-electron chi connectivity index (χ0n) is 12.0. The number of anilines is 2. The first-order chi connectivity index (χ1) is 9.99. The van der Waals surface area contributed by atoms with Crippen LogP contribution < -0.4 is 15.4 Å². The second kappa shape index (κ2) is 6.68. The third-order valence-electron chi connectivity index (χ3n) is 2.72. The number of para-hydroxylation sites is 1. The van der Waals surface area contributed by atoms with Gasteiger partial charge >= 0.3 is 0 Å². The fourth-order valence-corrected chi connectivity index (χ4v) is 2.34. The summed E-state index contributed by atoms with van der Waals surface area (Å²) in [7, 11) is -3.17. The van der Waals surface area contributed by atoms with E-state index in [2.05, 4.69) is 25.3 Å². The molecular weight excluding hydrogens is 290 g/mol. The van der Waals surface area contributed by atoms with Crippen molar-refractivity contribution in [1.82, 2.24) is 14.7 Å². The minimum atomic E-state index is -3.17. The van der Waals surface area contributed by atoms with Crippen LogP contribution >= 0.6 is 0 Å². The lowest BCUT2D eigenvalue weighted by molar-refractivity contribution is 0.589. The molecule has 0 bridgehead atoms. The van der Waals surface area contributed by atoms with Crippen molar-refractivity contribution in [2.45, 2.75) is 6.92 Å². The summed E-state index contributed by atoms with van der Waals surface area (Å²) in [6, 6.07) is 7.67. The summed E-state index contributed by atoms with van der Waals surface area (Å²) in [6.45, 7) is 3.45. The van der Waals surface area contributed by atoms with Crippen LogP contribution in [0, 0.1) is 0 Å². The third-order valence-corrected chi connectivity index (χ3v) is 3.45. The van der Waals surface area contributed by atoms with Crippen LogP contribution in [0.3, 0.4) is 0 Å². The summed E-state index contributed by atoms with van der Waals surface area (Å²) in [5, 5.41) is 7.12. The van der Waals surface area contributed by atoms with Gasteiger partial charge < -0.3 is 10.6 Å². The van der Waals surface area contributed by atoms with Gasteiger partial charge in [-0.15, -0.1) is 0 Å². The molecule has 3 N–H and O–H groups in total. The molecule has 0 aliphatic heterocycles. The highest BCUT2D eigenvalue weighted by molar-refractivity contribution is 7.88. The Labute approximate surface area is 124 Å². The molecule has 8 heteroatoms. The van der Waals surface area contributed by atoms with Crippen molar-refractivity contribution in [3.63, 3.8) is 0 Å². The van der Waals surface area contributed by atoms with E-state index in [0.717, 1.165) is 23.7 Å². The van der Waals surface area contributed by atoms with Crippen molar-refractivity contribution >= 4 is 32.7 Å². The standard InChI is InChI=1S/C13H19N5O2S/c1-3-14-13-17-11-7-5-4-6-10(11)12(18-13)15-8-9-16-21(2,19)20/h4-7,16H,3,8-9H2,1-2H3,(H2,14,15,17,18). The summed E-state index contributed by atoms with van der Waals surface area (Å²) in [4.78, 5) is 8.83. The van der Waals surface area contributed by atoms with Gasteiger partial charge in [0.2, 0.25) is 16.0 Å². The van der Waals surface area contributed by atoms with Crippen molar-refractivity contribution in [1.29, 1.82) is 0 Å². The lowest BCUT2D eigenvalue weighted by Gasteiger charge is -2.11. The zero-order valence-corrected chi connectivity index (χ0v) is 12.9. The van der Waals surface area contributed by atoms with E-state index in [1.165, 1.54) is 0 Å². The molecule has 7 nitrogen and oxygen atoms in total. The third kappa shape index (κ3) is 4.54. The van der Waals surface area contributed by atoms with E-state index in [9.17, 15) is 8.42 Å².